The molecule has 0 radical (unpaired) electrons. The van der Waals surface area contributed by atoms with E-state index in [2.05, 4.69) is 15.5 Å². The van der Waals surface area contributed by atoms with E-state index in [1.54, 1.807) is 29.0 Å². The van der Waals surface area contributed by atoms with E-state index in [-0.39, 0.29) is 17.2 Å². The number of hydrogen-bond donors (Lipinski definition) is 1. The van der Waals surface area contributed by atoms with E-state index in [1.807, 2.05) is 54.6 Å². The summed E-state index contributed by atoms with van der Waals surface area (Å²) in [6.07, 6.45) is 1.57. The standard InChI is InChI=1S/C24H21N5O3S/c1-15-9-10-16(2)20(12-15)28-22(31)18-7-3-4-8-19(18)29-23(28)26-27-24(29)33-14-21(30)25-13-17-6-5-11-32-17/h3-12H,13-14H2,1-2H3,(H,25,30). The molecule has 8 nitrogen and oxygen atoms in total. The second-order valence-corrected chi connectivity index (χ2v) is 8.65. The summed E-state index contributed by atoms with van der Waals surface area (Å²) in [4.78, 5) is 25.9. The molecule has 1 amide bonds. The van der Waals surface area contributed by atoms with Crippen LogP contribution in [0.5, 0.6) is 0 Å². The Balaban J connectivity index is 1.56. The van der Waals surface area contributed by atoms with Crippen molar-refractivity contribution in [3.8, 4) is 5.69 Å². The summed E-state index contributed by atoms with van der Waals surface area (Å²) in [5.41, 5.74) is 3.29. The molecule has 0 aliphatic carbocycles. The van der Waals surface area contributed by atoms with Crippen LogP contribution in [0.15, 0.2) is 75.2 Å². The molecule has 0 spiro atoms. The van der Waals surface area contributed by atoms with Crippen LogP contribution in [-0.4, -0.2) is 30.8 Å². The van der Waals surface area contributed by atoms with Crippen LogP contribution >= 0.6 is 11.8 Å². The molecule has 1 N–H and O–H groups in total. The number of aromatic nitrogens is 4. The maximum Gasteiger partial charge on any atom is 0.267 e. The summed E-state index contributed by atoms with van der Waals surface area (Å²) in [6.45, 7) is 4.27. The molecule has 0 fully saturated rings. The molecule has 33 heavy (non-hydrogen) atoms. The first-order chi connectivity index (χ1) is 16.0. The Morgan fingerprint density at radius 3 is 2.76 bits per heavy atom. The van der Waals surface area contributed by atoms with Crippen molar-refractivity contribution in [2.24, 2.45) is 0 Å². The van der Waals surface area contributed by atoms with Gasteiger partial charge in [0.2, 0.25) is 11.7 Å². The van der Waals surface area contributed by atoms with Crippen molar-refractivity contribution in [1.29, 1.82) is 0 Å². The number of benzene rings is 2. The van der Waals surface area contributed by atoms with E-state index in [0.717, 1.165) is 16.8 Å². The highest BCUT2D eigenvalue weighted by molar-refractivity contribution is 7.99. The van der Waals surface area contributed by atoms with Crippen molar-refractivity contribution < 1.29 is 9.21 Å². The van der Waals surface area contributed by atoms with Gasteiger partial charge in [0.1, 0.15) is 5.76 Å². The van der Waals surface area contributed by atoms with Gasteiger partial charge in [-0.15, -0.1) is 10.2 Å². The van der Waals surface area contributed by atoms with Crippen LogP contribution in [0.1, 0.15) is 16.9 Å². The van der Waals surface area contributed by atoms with Gasteiger partial charge in [-0.05, 0) is 55.3 Å². The van der Waals surface area contributed by atoms with Gasteiger partial charge in [0.25, 0.3) is 5.56 Å². The third-order valence-corrected chi connectivity index (χ3v) is 6.30. The summed E-state index contributed by atoms with van der Waals surface area (Å²) in [5.74, 6) is 1.09. The molecule has 0 aliphatic heterocycles. The molecule has 9 heteroatoms. The first-order valence-corrected chi connectivity index (χ1v) is 11.4. The van der Waals surface area contributed by atoms with Gasteiger partial charge in [0, 0.05) is 0 Å². The smallest absolute Gasteiger partial charge is 0.267 e. The maximum atomic E-state index is 13.5. The number of carbonyl (C=O) groups excluding carboxylic acids is 1. The van der Waals surface area contributed by atoms with E-state index < -0.39 is 0 Å². The van der Waals surface area contributed by atoms with Crippen LogP contribution in [0, 0.1) is 13.8 Å². The lowest BCUT2D eigenvalue weighted by atomic mass is 10.1. The zero-order valence-electron chi connectivity index (χ0n) is 18.1. The first kappa shape index (κ1) is 21.0. The Labute approximate surface area is 193 Å². The highest BCUT2D eigenvalue weighted by Crippen LogP contribution is 2.24. The minimum Gasteiger partial charge on any atom is -0.467 e. The predicted molar refractivity (Wildman–Crippen MR) is 127 cm³/mol. The molecule has 3 heterocycles. The number of hydrogen-bond acceptors (Lipinski definition) is 6. The molecular weight excluding hydrogens is 438 g/mol. The Hall–Kier alpha value is -3.85. The largest absolute Gasteiger partial charge is 0.467 e. The van der Waals surface area contributed by atoms with Crippen molar-refractivity contribution in [1.82, 2.24) is 24.5 Å². The molecule has 0 unspecified atom stereocenters. The zero-order valence-corrected chi connectivity index (χ0v) is 18.9. The van der Waals surface area contributed by atoms with Gasteiger partial charge in [0.15, 0.2) is 5.16 Å². The van der Waals surface area contributed by atoms with Crippen LogP contribution in [-0.2, 0) is 11.3 Å². The van der Waals surface area contributed by atoms with Gasteiger partial charge >= 0.3 is 0 Å². The van der Waals surface area contributed by atoms with E-state index in [4.69, 9.17) is 4.42 Å². The van der Waals surface area contributed by atoms with Gasteiger partial charge in [0.05, 0.1) is 35.2 Å². The monoisotopic (exact) mass is 459 g/mol. The minimum atomic E-state index is -0.160. The zero-order chi connectivity index (χ0) is 22.9. The lowest BCUT2D eigenvalue weighted by molar-refractivity contribution is -0.118. The van der Waals surface area contributed by atoms with E-state index >= 15 is 0 Å². The van der Waals surface area contributed by atoms with Crippen molar-refractivity contribution in [3.63, 3.8) is 0 Å². The first-order valence-electron chi connectivity index (χ1n) is 10.4. The SMILES string of the molecule is Cc1ccc(C)c(-n2c(=O)c3ccccc3n3c(SCC(=O)NCc4ccco4)nnc23)c1. The fourth-order valence-corrected chi connectivity index (χ4v) is 4.50. The van der Waals surface area contributed by atoms with Crippen LogP contribution in [0.2, 0.25) is 0 Å². The summed E-state index contributed by atoms with van der Waals surface area (Å²) >= 11 is 1.27. The Bertz CT molecular complexity index is 1540. The topological polar surface area (TPSA) is 94.4 Å². The Morgan fingerprint density at radius 1 is 1.09 bits per heavy atom. The Morgan fingerprint density at radius 2 is 1.94 bits per heavy atom. The number of nitrogens with zero attached hydrogens (tertiary/aromatic N) is 4. The molecule has 0 saturated carbocycles. The van der Waals surface area contributed by atoms with Crippen molar-refractivity contribution in [2.75, 3.05) is 5.75 Å². The lowest BCUT2D eigenvalue weighted by Gasteiger charge is -2.14. The van der Waals surface area contributed by atoms with Gasteiger partial charge in [-0.3, -0.25) is 14.0 Å². The molecule has 5 aromatic rings. The third kappa shape index (κ3) is 3.91. The Kier molecular flexibility index (Phi) is 5.47. The number of thioether (sulfide) groups is 1. The van der Waals surface area contributed by atoms with Crippen LogP contribution in [0.25, 0.3) is 22.4 Å². The van der Waals surface area contributed by atoms with Gasteiger partial charge in [-0.2, -0.15) is 0 Å². The highest BCUT2D eigenvalue weighted by atomic mass is 32.2. The van der Waals surface area contributed by atoms with Gasteiger partial charge in [-0.25, -0.2) is 4.57 Å². The van der Waals surface area contributed by atoms with Crippen molar-refractivity contribution in [2.45, 2.75) is 25.5 Å². The number of amides is 1. The quantitative estimate of drug-likeness (QED) is 0.390. The summed E-state index contributed by atoms with van der Waals surface area (Å²) in [7, 11) is 0. The van der Waals surface area contributed by atoms with Crippen LogP contribution in [0.4, 0.5) is 0 Å². The number of aryl methyl sites for hydroxylation is 2. The second kappa shape index (κ2) is 8.59. The van der Waals surface area contributed by atoms with Crippen LogP contribution < -0.4 is 10.9 Å². The molecule has 0 saturated heterocycles. The summed E-state index contributed by atoms with van der Waals surface area (Å²) < 4.78 is 8.68. The van der Waals surface area contributed by atoms with Crippen LogP contribution in [0.3, 0.4) is 0 Å². The van der Waals surface area contributed by atoms with Gasteiger partial charge in [-0.1, -0.05) is 36.0 Å². The normalized spacial score (nSPS) is 11.3. The molecule has 0 bridgehead atoms. The molecule has 0 atom stereocenters. The van der Waals surface area contributed by atoms with E-state index in [9.17, 15) is 9.59 Å². The molecule has 0 aliphatic rings. The maximum absolute atomic E-state index is 13.5. The summed E-state index contributed by atoms with van der Waals surface area (Å²) in [5, 5.41) is 12.6. The number of nitrogens with one attached hydrogen (secondary N) is 1. The van der Waals surface area contributed by atoms with E-state index in [1.165, 1.54) is 11.8 Å². The fourth-order valence-electron chi connectivity index (χ4n) is 3.73. The number of carbonyl (C=O) groups is 1. The highest BCUT2D eigenvalue weighted by Gasteiger charge is 2.19. The average molecular weight is 460 g/mol. The number of rotatable bonds is 6. The molecule has 3 aromatic heterocycles. The predicted octanol–water partition coefficient (Wildman–Crippen LogP) is 3.65. The lowest BCUT2D eigenvalue weighted by Crippen LogP contribution is -2.24. The fraction of sp³-hybridized carbons (Fsp3) is 0.167. The van der Waals surface area contributed by atoms with Gasteiger partial charge < -0.3 is 9.73 Å². The summed E-state index contributed by atoms with van der Waals surface area (Å²) in [6, 6.07) is 16.9. The van der Waals surface area contributed by atoms with Crippen molar-refractivity contribution in [3.05, 3.63) is 88.1 Å². The molecule has 2 aromatic carbocycles. The molecular formula is C24H21N5O3S. The number of fused-ring (bicyclic) bond motifs is 3. The molecule has 5 rings (SSSR count). The third-order valence-electron chi connectivity index (χ3n) is 5.37. The van der Waals surface area contributed by atoms with E-state index in [0.29, 0.717) is 34.1 Å². The number of furan rings is 1. The average Bonchev–Trinajstić information content (AvgIpc) is 3.49. The van der Waals surface area contributed by atoms with Crippen molar-refractivity contribution >= 4 is 34.3 Å². The second-order valence-electron chi connectivity index (χ2n) is 7.71. The molecule has 166 valence electrons. The number of para-hydroxylation sites is 1. The minimum absolute atomic E-state index is 0.151.